The lowest BCUT2D eigenvalue weighted by molar-refractivity contribution is -0.127. The lowest BCUT2D eigenvalue weighted by atomic mass is 9.99. The van der Waals surface area contributed by atoms with E-state index in [0.29, 0.717) is 43.1 Å². The summed E-state index contributed by atoms with van der Waals surface area (Å²) in [6, 6.07) is 9.83. The highest BCUT2D eigenvalue weighted by atomic mass is 19.1. The predicted molar refractivity (Wildman–Crippen MR) is 111 cm³/mol. The van der Waals surface area contributed by atoms with Crippen LogP contribution in [0.5, 0.6) is 5.75 Å². The van der Waals surface area contributed by atoms with Gasteiger partial charge in [-0.05, 0) is 41.3 Å². The van der Waals surface area contributed by atoms with Crippen LogP contribution in [-0.2, 0) is 24.3 Å². The molecule has 30 heavy (non-hydrogen) atoms. The van der Waals surface area contributed by atoms with E-state index in [1.165, 1.54) is 11.0 Å². The number of fused-ring (bicyclic) bond motifs is 1. The first kappa shape index (κ1) is 21.5. The molecule has 0 spiro atoms. The SMILES string of the molecule is COc1ccc(CN=C(NCC(=O)N(C)C)N2CCc3c(F)cc(F)cc3C2)cc1. The standard InChI is InChI=1S/C22H26F2N4O2/c1-27(2)21(29)13-26-22(25-12-15-4-6-18(30-3)7-5-15)28-9-8-19-16(14-28)10-17(23)11-20(19)24/h4-7,10-11H,8-9,12-14H2,1-3H3,(H,25,26). The Morgan fingerprint density at radius 2 is 1.97 bits per heavy atom. The van der Waals surface area contributed by atoms with Crippen LogP contribution >= 0.6 is 0 Å². The summed E-state index contributed by atoms with van der Waals surface area (Å²) in [7, 11) is 4.97. The molecule has 160 valence electrons. The fraction of sp³-hybridized carbons (Fsp3) is 0.364. The Bertz CT molecular complexity index is 929. The largest absolute Gasteiger partial charge is 0.497 e. The minimum absolute atomic E-state index is 0.0787. The van der Waals surface area contributed by atoms with E-state index in [1.54, 1.807) is 21.2 Å². The molecule has 0 atom stereocenters. The molecule has 0 aromatic heterocycles. The summed E-state index contributed by atoms with van der Waals surface area (Å²) >= 11 is 0. The molecule has 6 nitrogen and oxygen atoms in total. The summed E-state index contributed by atoms with van der Waals surface area (Å²) < 4.78 is 32.9. The summed E-state index contributed by atoms with van der Waals surface area (Å²) in [5.41, 5.74) is 2.10. The summed E-state index contributed by atoms with van der Waals surface area (Å²) in [4.78, 5) is 20.1. The number of likely N-dealkylation sites (N-methyl/N-ethyl adjacent to an activating group) is 1. The van der Waals surface area contributed by atoms with Crippen molar-refractivity contribution in [1.82, 2.24) is 15.1 Å². The third-order valence-electron chi connectivity index (χ3n) is 5.01. The van der Waals surface area contributed by atoms with E-state index in [2.05, 4.69) is 10.3 Å². The summed E-state index contributed by atoms with van der Waals surface area (Å²) in [6.45, 7) is 1.30. The summed E-state index contributed by atoms with van der Waals surface area (Å²) in [5, 5.41) is 3.10. The molecule has 1 amide bonds. The molecule has 0 unspecified atom stereocenters. The highest BCUT2D eigenvalue weighted by Crippen LogP contribution is 2.23. The van der Waals surface area contributed by atoms with Crippen molar-refractivity contribution in [3.63, 3.8) is 0 Å². The van der Waals surface area contributed by atoms with Gasteiger partial charge in [0.2, 0.25) is 5.91 Å². The van der Waals surface area contributed by atoms with Gasteiger partial charge >= 0.3 is 0 Å². The zero-order valence-electron chi connectivity index (χ0n) is 17.4. The number of benzene rings is 2. The van der Waals surface area contributed by atoms with E-state index in [9.17, 15) is 13.6 Å². The van der Waals surface area contributed by atoms with Gasteiger partial charge < -0.3 is 19.9 Å². The number of halogens is 2. The zero-order chi connectivity index (χ0) is 21.7. The molecule has 1 heterocycles. The van der Waals surface area contributed by atoms with Gasteiger partial charge in [-0.2, -0.15) is 0 Å². The molecular weight excluding hydrogens is 390 g/mol. The minimum atomic E-state index is -0.597. The molecule has 1 aliphatic rings. The van der Waals surface area contributed by atoms with Crippen LogP contribution in [0, 0.1) is 11.6 Å². The lowest BCUT2D eigenvalue weighted by Gasteiger charge is -2.32. The summed E-state index contributed by atoms with van der Waals surface area (Å²) in [6.07, 6.45) is 0.437. The van der Waals surface area contributed by atoms with Crippen molar-refractivity contribution in [2.24, 2.45) is 4.99 Å². The van der Waals surface area contributed by atoms with Crippen molar-refractivity contribution in [3.05, 3.63) is 64.7 Å². The molecule has 0 saturated carbocycles. The Kier molecular flexibility index (Phi) is 6.87. The van der Waals surface area contributed by atoms with Crippen molar-refractivity contribution in [1.29, 1.82) is 0 Å². The van der Waals surface area contributed by atoms with Crippen molar-refractivity contribution < 1.29 is 18.3 Å². The zero-order valence-corrected chi connectivity index (χ0v) is 17.4. The van der Waals surface area contributed by atoms with Gasteiger partial charge in [-0.25, -0.2) is 13.8 Å². The van der Waals surface area contributed by atoms with Gasteiger partial charge in [-0.15, -0.1) is 0 Å². The lowest BCUT2D eigenvalue weighted by Crippen LogP contribution is -2.47. The molecule has 1 aliphatic heterocycles. The number of amides is 1. The fourth-order valence-corrected chi connectivity index (χ4v) is 3.27. The molecule has 0 saturated heterocycles. The van der Waals surface area contributed by atoms with Crippen molar-refractivity contribution in [2.45, 2.75) is 19.5 Å². The molecule has 1 N–H and O–H groups in total. The van der Waals surface area contributed by atoms with Crippen molar-refractivity contribution in [2.75, 3.05) is 34.3 Å². The fourth-order valence-electron chi connectivity index (χ4n) is 3.27. The van der Waals surface area contributed by atoms with Gasteiger partial charge in [0.15, 0.2) is 5.96 Å². The van der Waals surface area contributed by atoms with Gasteiger partial charge in [0.1, 0.15) is 17.4 Å². The maximum absolute atomic E-state index is 14.1. The van der Waals surface area contributed by atoms with E-state index < -0.39 is 11.6 Å². The number of hydrogen-bond donors (Lipinski definition) is 1. The number of methoxy groups -OCH3 is 1. The van der Waals surface area contributed by atoms with Crippen LogP contribution in [0.1, 0.15) is 16.7 Å². The first-order valence-electron chi connectivity index (χ1n) is 9.70. The average Bonchev–Trinajstić information content (AvgIpc) is 2.73. The number of hydrogen-bond acceptors (Lipinski definition) is 3. The van der Waals surface area contributed by atoms with Crippen molar-refractivity contribution in [3.8, 4) is 5.75 Å². The molecule has 0 fully saturated rings. The normalized spacial score (nSPS) is 13.6. The number of nitrogens with one attached hydrogen (secondary N) is 1. The molecule has 2 aromatic carbocycles. The van der Waals surface area contributed by atoms with Crippen LogP contribution in [0.25, 0.3) is 0 Å². The third-order valence-corrected chi connectivity index (χ3v) is 5.01. The first-order valence-corrected chi connectivity index (χ1v) is 9.70. The van der Waals surface area contributed by atoms with Gasteiger partial charge in [0.25, 0.3) is 0 Å². The maximum Gasteiger partial charge on any atom is 0.241 e. The monoisotopic (exact) mass is 416 g/mol. The average molecular weight is 416 g/mol. The Balaban J connectivity index is 1.80. The summed E-state index contributed by atoms with van der Waals surface area (Å²) in [5.74, 6) is 0.0741. The van der Waals surface area contributed by atoms with E-state index in [4.69, 9.17) is 4.74 Å². The highest BCUT2D eigenvalue weighted by Gasteiger charge is 2.23. The quantitative estimate of drug-likeness (QED) is 0.601. The van der Waals surface area contributed by atoms with Crippen LogP contribution in [0.2, 0.25) is 0 Å². The molecule has 0 bridgehead atoms. The Hall–Kier alpha value is -3.16. The first-order chi connectivity index (χ1) is 14.4. The van der Waals surface area contributed by atoms with E-state index in [0.717, 1.165) is 17.4 Å². The van der Waals surface area contributed by atoms with Crippen LogP contribution in [0.3, 0.4) is 0 Å². The highest BCUT2D eigenvalue weighted by molar-refractivity contribution is 5.86. The molecule has 2 aromatic rings. The van der Waals surface area contributed by atoms with Gasteiger partial charge in [-0.1, -0.05) is 12.1 Å². The van der Waals surface area contributed by atoms with Gasteiger partial charge in [-0.3, -0.25) is 4.79 Å². The molecular formula is C22H26F2N4O2. The second kappa shape index (κ2) is 9.56. The maximum atomic E-state index is 14.1. The van der Waals surface area contributed by atoms with Crippen LogP contribution in [0.15, 0.2) is 41.4 Å². The van der Waals surface area contributed by atoms with E-state index in [-0.39, 0.29) is 12.5 Å². The smallest absolute Gasteiger partial charge is 0.241 e. The second-order valence-electron chi connectivity index (χ2n) is 7.33. The number of carbonyl (C=O) groups excluding carboxylic acids is 1. The number of guanidine groups is 1. The number of aliphatic imine (C=N–C) groups is 1. The molecule has 0 radical (unpaired) electrons. The molecule has 3 rings (SSSR count). The number of ether oxygens (including phenoxy) is 1. The van der Waals surface area contributed by atoms with Crippen molar-refractivity contribution >= 4 is 11.9 Å². The van der Waals surface area contributed by atoms with E-state index in [1.807, 2.05) is 29.2 Å². The van der Waals surface area contributed by atoms with Gasteiger partial charge in [0, 0.05) is 33.3 Å². The second-order valence-corrected chi connectivity index (χ2v) is 7.33. The Morgan fingerprint density at radius 3 is 2.63 bits per heavy atom. The number of carbonyl (C=O) groups is 1. The minimum Gasteiger partial charge on any atom is -0.497 e. The van der Waals surface area contributed by atoms with Crippen LogP contribution in [-0.4, -0.2) is 56.0 Å². The number of nitrogens with zero attached hydrogens (tertiary/aromatic N) is 3. The molecule has 0 aliphatic carbocycles. The predicted octanol–water partition coefficient (Wildman–Crippen LogP) is 2.57. The third kappa shape index (κ3) is 5.25. The Morgan fingerprint density at radius 1 is 1.23 bits per heavy atom. The number of rotatable bonds is 5. The topological polar surface area (TPSA) is 57.2 Å². The van der Waals surface area contributed by atoms with Crippen LogP contribution in [0.4, 0.5) is 8.78 Å². The van der Waals surface area contributed by atoms with E-state index >= 15 is 0 Å². The van der Waals surface area contributed by atoms with Gasteiger partial charge in [0.05, 0.1) is 20.2 Å². The van der Waals surface area contributed by atoms with Crippen LogP contribution < -0.4 is 10.1 Å². The molecule has 8 heteroatoms. The Labute approximate surface area is 175 Å².